The van der Waals surface area contributed by atoms with Crippen LogP contribution in [0.2, 0.25) is 0 Å². The summed E-state index contributed by atoms with van der Waals surface area (Å²) in [4.78, 5) is 27.3. The molecule has 2 fully saturated rings. The number of carbonyl (C=O) groups excluding carboxylic acids is 2. The van der Waals surface area contributed by atoms with Crippen molar-refractivity contribution in [1.82, 2.24) is 15.1 Å². The number of nitrogens with one attached hydrogen (secondary N) is 1. The second kappa shape index (κ2) is 6.63. The van der Waals surface area contributed by atoms with Crippen molar-refractivity contribution < 1.29 is 14.3 Å². The van der Waals surface area contributed by atoms with Gasteiger partial charge in [-0.1, -0.05) is 0 Å². The number of rotatable bonds is 1. The highest BCUT2D eigenvalue weighted by Gasteiger charge is 2.27. The normalized spacial score (nSPS) is 21.1. The van der Waals surface area contributed by atoms with Crippen LogP contribution in [0.1, 0.15) is 32.1 Å². The Morgan fingerprint density at radius 3 is 2.16 bits per heavy atom. The number of likely N-dealkylation sites (tertiary alicyclic amines) is 2. The van der Waals surface area contributed by atoms with Crippen LogP contribution in [0.4, 0.5) is 9.59 Å². The Kier molecular flexibility index (Phi) is 4.87. The third-order valence-corrected chi connectivity index (χ3v) is 3.90. The number of amides is 3. The zero-order valence-electron chi connectivity index (χ0n) is 11.6. The Labute approximate surface area is 114 Å². The van der Waals surface area contributed by atoms with Crippen molar-refractivity contribution in [2.75, 3.05) is 33.3 Å². The van der Waals surface area contributed by atoms with E-state index in [1.54, 1.807) is 0 Å². The van der Waals surface area contributed by atoms with E-state index in [1.807, 2.05) is 9.80 Å². The fraction of sp³-hybridized carbons (Fsp3) is 0.846. The van der Waals surface area contributed by atoms with Gasteiger partial charge in [-0.05, 0) is 32.1 Å². The monoisotopic (exact) mass is 269 g/mol. The van der Waals surface area contributed by atoms with Crippen LogP contribution >= 0.6 is 0 Å². The topological polar surface area (TPSA) is 61.9 Å². The fourth-order valence-electron chi connectivity index (χ4n) is 2.73. The summed E-state index contributed by atoms with van der Waals surface area (Å²) in [6.07, 6.45) is 4.68. The summed E-state index contributed by atoms with van der Waals surface area (Å²) in [5.74, 6) is 0. The van der Waals surface area contributed by atoms with Gasteiger partial charge in [0.15, 0.2) is 0 Å². The van der Waals surface area contributed by atoms with E-state index in [-0.39, 0.29) is 18.2 Å². The molecule has 6 nitrogen and oxygen atoms in total. The molecule has 0 aliphatic carbocycles. The van der Waals surface area contributed by atoms with Gasteiger partial charge in [-0.25, -0.2) is 9.59 Å². The van der Waals surface area contributed by atoms with Crippen molar-refractivity contribution in [3.63, 3.8) is 0 Å². The second-order valence-electron chi connectivity index (χ2n) is 5.23. The first-order valence-electron chi connectivity index (χ1n) is 7.09. The van der Waals surface area contributed by atoms with Crippen LogP contribution < -0.4 is 5.32 Å². The molecule has 0 unspecified atom stereocenters. The van der Waals surface area contributed by atoms with Gasteiger partial charge in [-0.3, -0.25) is 0 Å². The molecule has 0 aromatic rings. The summed E-state index contributed by atoms with van der Waals surface area (Å²) in [5.41, 5.74) is 0. The lowest BCUT2D eigenvalue weighted by Gasteiger charge is -2.37. The average Bonchev–Trinajstić information content (AvgIpc) is 2.48. The van der Waals surface area contributed by atoms with Crippen molar-refractivity contribution in [3.05, 3.63) is 0 Å². The maximum atomic E-state index is 12.3. The van der Waals surface area contributed by atoms with Crippen molar-refractivity contribution in [2.45, 2.75) is 38.1 Å². The Morgan fingerprint density at radius 1 is 1.00 bits per heavy atom. The highest BCUT2D eigenvalue weighted by Crippen LogP contribution is 2.16. The van der Waals surface area contributed by atoms with Crippen molar-refractivity contribution in [1.29, 1.82) is 0 Å². The number of nitrogens with zero attached hydrogens (tertiary/aromatic N) is 2. The van der Waals surface area contributed by atoms with Gasteiger partial charge in [0.1, 0.15) is 0 Å². The molecular formula is C13H23N3O3. The number of urea groups is 1. The molecule has 1 N–H and O–H groups in total. The van der Waals surface area contributed by atoms with Gasteiger partial charge in [0, 0.05) is 32.2 Å². The Morgan fingerprint density at radius 2 is 1.58 bits per heavy atom. The number of alkyl carbamates (subject to hydrolysis) is 1. The molecule has 0 bridgehead atoms. The molecule has 0 radical (unpaired) electrons. The lowest BCUT2D eigenvalue weighted by Crippen LogP contribution is -2.51. The van der Waals surface area contributed by atoms with Crippen molar-refractivity contribution in [2.24, 2.45) is 0 Å². The Balaban J connectivity index is 1.76. The summed E-state index contributed by atoms with van der Waals surface area (Å²) >= 11 is 0. The van der Waals surface area contributed by atoms with Gasteiger partial charge in [0.05, 0.1) is 7.11 Å². The Bertz CT molecular complexity index is 321. The third-order valence-electron chi connectivity index (χ3n) is 3.90. The van der Waals surface area contributed by atoms with E-state index in [0.29, 0.717) is 13.1 Å². The molecule has 108 valence electrons. The molecule has 2 aliphatic heterocycles. The highest BCUT2D eigenvalue weighted by atomic mass is 16.5. The van der Waals surface area contributed by atoms with Gasteiger partial charge in [0.2, 0.25) is 0 Å². The van der Waals surface area contributed by atoms with E-state index >= 15 is 0 Å². The van der Waals surface area contributed by atoms with Crippen molar-refractivity contribution >= 4 is 12.1 Å². The van der Waals surface area contributed by atoms with Crippen LogP contribution in [0.25, 0.3) is 0 Å². The van der Waals surface area contributed by atoms with Crippen LogP contribution in [0, 0.1) is 0 Å². The molecule has 0 atom stereocenters. The lowest BCUT2D eigenvalue weighted by molar-refractivity contribution is 0.125. The number of carbonyl (C=O) groups is 2. The van der Waals surface area contributed by atoms with Crippen molar-refractivity contribution in [3.8, 4) is 0 Å². The first-order valence-corrected chi connectivity index (χ1v) is 7.09. The highest BCUT2D eigenvalue weighted by molar-refractivity contribution is 5.74. The molecule has 2 rings (SSSR count). The molecule has 19 heavy (non-hydrogen) atoms. The standard InChI is InChI=1S/C13H23N3O3/c1-19-12(17)14-11-5-9-16(10-6-11)13(18)15-7-3-2-4-8-15/h11H,2-10H2,1H3,(H,14,17). The van der Waals surface area contributed by atoms with Crippen LogP contribution in [0.15, 0.2) is 0 Å². The first kappa shape index (κ1) is 14.0. The molecule has 3 amide bonds. The largest absolute Gasteiger partial charge is 0.453 e. The quantitative estimate of drug-likeness (QED) is 0.783. The van der Waals surface area contributed by atoms with E-state index in [4.69, 9.17) is 0 Å². The molecular weight excluding hydrogens is 246 g/mol. The summed E-state index contributed by atoms with van der Waals surface area (Å²) < 4.78 is 4.58. The molecule has 0 spiro atoms. The van der Waals surface area contributed by atoms with Gasteiger partial charge >= 0.3 is 12.1 Å². The van der Waals surface area contributed by atoms with Crippen LogP contribution in [-0.4, -0.2) is 61.3 Å². The fourth-order valence-corrected chi connectivity index (χ4v) is 2.73. The number of hydrogen-bond donors (Lipinski definition) is 1. The number of ether oxygens (including phenoxy) is 1. The molecule has 2 saturated heterocycles. The summed E-state index contributed by atoms with van der Waals surface area (Å²) in [7, 11) is 1.37. The second-order valence-corrected chi connectivity index (χ2v) is 5.23. The minimum atomic E-state index is -0.388. The molecule has 6 heteroatoms. The summed E-state index contributed by atoms with van der Waals surface area (Å²) in [6, 6.07) is 0.286. The maximum Gasteiger partial charge on any atom is 0.407 e. The minimum absolute atomic E-state index is 0.123. The molecule has 2 aliphatic rings. The predicted molar refractivity (Wildman–Crippen MR) is 71.0 cm³/mol. The van der Waals surface area contributed by atoms with E-state index < -0.39 is 0 Å². The molecule has 2 heterocycles. The maximum absolute atomic E-state index is 12.3. The van der Waals surface area contributed by atoms with E-state index in [9.17, 15) is 9.59 Å². The van der Waals surface area contributed by atoms with Crippen LogP contribution in [-0.2, 0) is 4.74 Å². The predicted octanol–water partition coefficient (Wildman–Crippen LogP) is 1.41. The van der Waals surface area contributed by atoms with Gasteiger partial charge in [0.25, 0.3) is 0 Å². The van der Waals surface area contributed by atoms with E-state index in [2.05, 4.69) is 10.1 Å². The smallest absolute Gasteiger partial charge is 0.407 e. The number of piperidine rings is 2. The molecule has 0 aromatic carbocycles. The zero-order chi connectivity index (χ0) is 13.7. The molecule has 0 saturated carbocycles. The summed E-state index contributed by atoms with van der Waals surface area (Å²) in [5, 5.41) is 2.79. The Hall–Kier alpha value is -1.46. The third kappa shape index (κ3) is 3.75. The van der Waals surface area contributed by atoms with Crippen LogP contribution in [0.3, 0.4) is 0 Å². The van der Waals surface area contributed by atoms with Gasteiger partial charge in [-0.2, -0.15) is 0 Å². The number of hydrogen-bond acceptors (Lipinski definition) is 3. The molecule has 0 aromatic heterocycles. The van der Waals surface area contributed by atoms with E-state index in [0.717, 1.165) is 38.8 Å². The number of methoxy groups -OCH3 is 1. The summed E-state index contributed by atoms with van der Waals surface area (Å²) in [6.45, 7) is 3.20. The SMILES string of the molecule is COC(=O)NC1CCN(C(=O)N2CCCCC2)CC1. The van der Waals surface area contributed by atoms with E-state index in [1.165, 1.54) is 13.5 Å². The first-order chi connectivity index (χ1) is 9.20. The minimum Gasteiger partial charge on any atom is -0.453 e. The average molecular weight is 269 g/mol. The lowest BCUT2D eigenvalue weighted by atomic mass is 10.1. The van der Waals surface area contributed by atoms with Gasteiger partial charge in [-0.15, -0.1) is 0 Å². The van der Waals surface area contributed by atoms with Gasteiger partial charge < -0.3 is 19.9 Å². The zero-order valence-corrected chi connectivity index (χ0v) is 11.6. The van der Waals surface area contributed by atoms with Crippen LogP contribution in [0.5, 0.6) is 0 Å².